The molecule has 0 heterocycles. The molecule has 0 aliphatic rings. The van der Waals surface area contributed by atoms with E-state index in [2.05, 4.69) is 31.1 Å². The number of hydrogen-bond donors (Lipinski definition) is 0. The first-order valence-corrected chi connectivity index (χ1v) is 9.76. The van der Waals surface area contributed by atoms with Gasteiger partial charge in [-0.15, -0.1) is 11.5 Å². The smallest absolute Gasteiger partial charge is 0.166 e. The summed E-state index contributed by atoms with van der Waals surface area (Å²) in [5.74, 6) is 3.01. The second-order valence-corrected chi connectivity index (χ2v) is 10.5. The summed E-state index contributed by atoms with van der Waals surface area (Å²) in [5.41, 5.74) is 3.61. The Morgan fingerprint density at radius 1 is 1.16 bits per heavy atom. The molecule has 0 aliphatic carbocycles. The summed E-state index contributed by atoms with van der Waals surface area (Å²) < 4.78 is 38.7. The van der Waals surface area contributed by atoms with Crippen LogP contribution in [0.2, 0.25) is 19.6 Å². The zero-order valence-electron chi connectivity index (χ0n) is 11.8. The van der Waals surface area contributed by atoms with Crippen LogP contribution in [-0.2, 0) is 12.6 Å². The molecule has 4 heteroatoms. The fourth-order valence-corrected chi connectivity index (χ4v) is 2.35. The molecule has 0 fully saturated rings. The van der Waals surface area contributed by atoms with Gasteiger partial charge < -0.3 is 0 Å². The zero-order chi connectivity index (χ0) is 14.7. The van der Waals surface area contributed by atoms with Crippen LogP contribution in [0, 0.1) is 18.4 Å². The van der Waals surface area contributed by atoms with Crippen molar-refractivity contribution in [3.63, 3.8) is 0 Å². The molecule has 0 N–H and O–H groups in total. The number of hydrogen-bond acceptors (Lipinski definition) is 0. The molecular weight excluding hydrogens is 265 g/mol. The van der Waals surface area contributed by atoms with Crippen LogP contribution in [0.5, 0.6) is 0 Å². The van der Waals surface area contributed by atoms with Crippen LogP contribution < -0.4 is 0 Å². The summed E-state index contributed by atoms with van der Waals surface area (Å²) in [6.07, 6.45) is -3.45. The monoisotopic (exact) mass is 284 g/mol. The Kier molecular flexibility index (Phi) is 4.86. The van der Waals surface area contributed by atoms with Gasteiger partial charge in [0.25, 0.3) is 0 Å². The van der Waals surface area contributed by atoms with Gasteiger partial charge in [0, 0.05) is 6.42 Å². The van der Waals surface area contributed by atoms with Crippen molar-refractivity contribution >= 4 is 8.07 Å². The van der Waals surface area contributed by atoms with Gasteiger partial charge in [0.1, 0.15) is 8.07 Å². The number of halogens is 3. The lowest BCUT2D eigenvalue weighted by Crippen LogP contribution is -2.16. The summed E-state index contributed by atoms with van der Waals surface area (Å²) in [6, 6.07) is 4.49. The van der Waals surface area contributed by atoms with Gasteiger partial charge in [-0.3, -0.25) is 0 Å². The average Bonchev–Trinajstić information content (AvgIpc) is 2.23. The van der Waals surface area contributed by atoms with Crippen LogP contribution in [0.1, 0.15) is 23.1 Å². The quantitative estimate of drug-likeness (QED) is 0.539. The van der Waals surface area contributed by atoms with Gasteiger partial charge in [0.15, 0.2) is 0 Å². The maximum Gasteiger partial charge on any atom is 0.416 e. The molecule has 0 aromatic heterocycles. The van der Waals surface area contributed by atoms with Crippen molar-refractivity contribution < 1.29 is 13.2 Å². The van der Waals surface area contributed by atoms with Gasteiger partial charge in [-0.1, -0.05) is 37.3 Å². The molecule has 0 unspecified atom stereocenters. The van der Waals surface area contributed by atoms with Crippen LogP contribution in [0.4, 0.5) is 13.2 Å². The summed E-state index contributed by atoms with van der Waals surface area (Å²) in [7, 11) is -1.44. The molecule has 0 saturated heterocycles. The van der Waals surface area contributed by atoms with Crippen LogP contribution in [0.15, 0.2) is 18.2 Å². The van der Waals surface area contributed by atoms with E-state index in [1.807, 2.05) is 0 Å². The minimum absolute atomic E-state index is 0.336. The number of benzene rings is 1. The molecule has 0 amide bonds. The highest BCUT2D eigenvalue weighted by molar-refractivity contribution is 6.83. The predicted octanol–water partition coefficient (Wildman–Crippen LogP) is 4.83. The Labute approximate surface area is 114 Å². The van der Waals surface area contributed by atoms with Crippen LogP contribution in [0.25, 0.3) is 0 Å². The maximum atomic E-state index is 12.9. The molecule has 0 radical (unpaired) electrons. The number of alkyl halides is 3. The molecule has 0 bridgehead atoms. The molecule has 1 rings (SSSR count). The third-order valence-corrected chi connectivity index (χ3v) is 3.48. The Morgan fingerprint density at radius 2 is 1.79 bits per heavy atom. The van der Waals surface area contributed by atoms with E-state index in [4.69, 9.17) is 0 Å². The first-order chi connectivity index (χ1) is 8.59. The van der Waals surface area contributed by atoms with Crippen molar-refractivity contribution in [1.82, 2.24) is 0 Å². The molecule has 0 aliphatic heterocycles. The second kappa shape index (κ2) is 5.83. The van der Waals surface area contributed by atoms with Crippen molar-refractivity contribution in [2.75, 3.05) is 0 Å². The SMILES string of the molecule is Cc1ccc(CCC#C[Si](C)(C)C)c(C(F)(F)F)c1. The third kappa shape index (κ3) is 5.52. The topological polar surface area (TPSA) is 0 Å². The predicted molar refractivity (Wildman–Crippen MR) is 75.6 cm³/mol. The Bertz CT molecular complexity index is 499. The zero-order valence-corrected chi connectivity index (χ0v) is 12.8. The van der Waals surface area contributed by atoms with E-state index in [1.165, 1.54) is 6.07 Å². The summed E-state index contributed by atoms with van der Waals surface area (Å²) in [5, 5.41) is 0. The van der Waals surface area contributed by atoms with E-state index in [1.54, 1.807) is 19.1 Å². The van der Waals surface area contributed by atoms with Crippen LogP contribution in [-0.4, -0.2) is 8.07 Å². The molecule has 104 valence electrons. The third-order valence-electron chi connectivity index (χ3n) is 2.55. The van der Waals surface area contributed by atoms with Crippen LogP contribution in [0.3, 0.4) is 0 Å². The summed E-state index contributed by atoms with van der Waals surface area (Å²) >= 11 is 0. The molecular formula is C15H19F3Si. The molecule has 0 nitrogen and oxygen atoms in total. The Hall–Kier alpha value is -1.21. The van der Waals surface area contributed by atoms with E-state index in [0.29, 0.717) is 24.0 Å². The summed E-state index contributed by atoms with van der Waals surface area (Å²) in [6.45, 7) is 8.02. The van der Waals surface area contributed by atoms with Gasteiger partial charge in [0.2, 0.25) is 0 Å². The van der Waals surface area contributed by atoms with Gasteiger partial charge in [-0.25, -0.2) is 0 Å². The van der Waals surface area contributed by atoms with Gasteiger partial charge in [-0.2, -0.15) is 13.2 Å². The lowest BCUT2D eigenvalue weighted by atomic mass is 10.0. The van der Waals surface area contributed by atoms with E-state index < -0.39 is 19.8 Å². The number of rotatable bonds is 2. The lowest BCUT2D eigenvalue weighted by molar-refractivity contribution is -0.138. The standard InChI is InChI=1S/C15H19F3Si/c1-12-8-9-13(14(11-12)15(16,17)18)7-5-6-10-19(2,3)4/h8-9,11H,5,7H2,1-4H3. The molecule has 1 aromatic rings. The molecule has 0 spiro atoms. The van der Waals surface area contributed by atoms with Crippen molar-refractivity contribution in [3.05, 3.63) is 34.9 Å². The van der Waals surface area contributed by atoms with Crippen molar-refractivity contribution in [2.24, 2.45) is 0 Å². The highest BCUT2D eigenvalue weighted by Gasteiger charge is 2.32. The fourth-order valence-electron chi connectivity index (χ4n) is 1.70. The minimum Gasteiger partial charge on any atom is -0.166 e. The highest BCUT2D eigenvalue weighted by atomic mass is 28.3. The van der Waals surface area contributed by atoms with E-state index in [0.717, 1.165) is 0 Å². The van der Waals surface area contributed by atoms with Crippen molar-refractivity contribution in [1.29, 1.82) is 0 Å². The van der Waals surface area contributed by atoms with E-state index in [-0.39, 0.29) is 0 Å². The van der Waals surface area contributed by atoms with Gasteiger partial charge in [0.05, 0.1) is 5.56 Å². The van der Waals surface area contributed by atoms with E-state index in [9.17, 15) is 13.2 Å². The molecule has 1 aromatic carbocycles. The minimum atomic E-state index is -4.28. The highest BCUT2D eigenvalue weighted by Crippen LogP contribution is 2.33. The summed E-state index contributed by atoms with van der Waals surface area (Å²) in [4.78, 5) is 0. The Balaban J connectivity index is 2.87. The molecule has 19 heavy (non-hydrogen) atoms. The van der Waals surface area contributed by atoms with Gasteiger partial charge in [-0.05, 0) is 25.0 Å². The van der Waals surface area contributed by atoms with Crippen LogP contribution >= 0.6 is 0 Å². The fraction of sp³-hybridized carbons (Fsp3) is 0.467. The normalized spacial score (nSPS) is 11.9. The van der Waals surface area contributed by atoms with Crippen molar-refractivity contribution in [2.45, 2.75) is 45.6 Å². The van der Waals surface area contributed by atoms with Crippen molar-refractivity contribution in [3.8, 4) is 11.5 Å². The second-order valence-electron chi connectivity index (χ2n) is 5.71. The number of aryl methyl sites for hydroxylation is 2. The first-order valence-electron chi connectivity index (χ1n) is 6.26. The van der Waals surface area contributed by atoms with Gasteiger partial charge >= 0.3 is 6.18 Å². The maximum absolute atomic E-state index is 12.9. The first kappa shape index (κ1) is 15.8. The molecule has 0 atom stereocenters. The Morgan fingerprint density at radius 3 is 2.32 bits per heavy atom. The molecule has 0 saturated carbocycles. The largest absolute Gasteiger partial charge is 0.416 e. The lowest BCUT2D eigenvalue weighted by Gasteiger charge is -2.13. The average molecular weight is 284 g/mol. The van der Waals surface area contributed by atoms with E-state index >= 15 is 0 Å².